The zero-order valence-electron chi connectivity index (χ0n) is 11.7. The predicted molar refractivity (Wildman–Crippen MR) is 83.2 cm³/mol. The molecule has 0 bridgehead atoms. The van der Waals surface area contributed by atoms with Gasteiger partial charge >= 0.3 is 0 Å². The first-order valence-electron chi connectivity index (χ1n) is 6.95. The molecule has 2 heterocycles. The van der Waals surface area contributed by atoms with Gasteiger partial charge in [0, 0.05) is 16.3 Å². The largest absolute Gasteiger partial charge is 0.464 e. The van der Waals surface area contributed by atoms with Crippen molar-refractivity contribution in [3.8, 4) is 0 Å². The highest BCUT2D eigenvalue weighted by Crippen LogP contribution is 2.32. The van der Waals surface area contributed by atoms with Gasteiger partial charge in [0.1, 0.15) is 16.9 Å². The molecule has 0 fully saturated rings. The summed E-state index contributed by atoms with van der Waals surface area (Å²) >= 11 is 0. The molecule has 3 nitrogen and oxygen atoms in total. The van der Waals surface area contributed by atoms with Crippen LogP contribution in [-0.2, 0) is 0 Å². The molecular formula is C18H15NO2. The van der Waals surface area contributed by atoms with Crippen LogP contribution in [0.25, 0.3) is 21.9 Å². The van der Waals surface area contributed by atoms with Crippen LogP contribution in [0.5, 0.6) is 0 Å². The summed E-state index contributed by atoms with van der Waals surface area (Å²) < 4.78 is 11.5. The predicted octanol–water partition coefficient (Wildman–Crippen LogP) is 4.54. The lowest BCUT2D eigenvalue weighted by atomic mass is 10.0. The zero-order valence-corrected chi connectivity index (χ0v) is 11.7. The summed E-state index contributed by atoms with van der Waals surface area (Å²) in [6, 6.07) is 15.7. The topological polar surface area (TPSA) is 52.3 Å². The summed E-state index contributed by atoms with van der Waals surface area (Å²) in [4.78, 5) is 0. The van der Waals surface area contributed by atoms with Crippen molar-refractivity contribution in [2.24, 2.45) is 5.73 Å². The highest BCUT2D eigenvalue weighted by molar-refractivity contribution is 5.83. The van der Waals surface area contributed by atoms with Crippen LogP contribution in [0, 0.1) is 6.92 Å². The van der Waals surface area contributed by atoms with E-state index in [-0.39, 0.29) is 6.04 Å². The van der Waals surface area contributed by atoms with Crippen LogP contribution < -0.4 is 5.73 Å². The summed E-state index contributed by atoms with van der Waals surface area (Å²) in [6.07, 6.45) is 1.72. The van der Waals surface area contributed by atoms with Crippen molar-refractivity contribution >= 4 is 21.9 Å². The van der Waals surface area contributed by atoms with Gasteiger partial charge in [0.15, 0.2) is 0 Å². The van der Waals surface area contributed by atoms with Gasteiger partial charge in [-0.3, -0.25) is 0 Å². The van der Waals surface area contributed by atoms with Gasteiger partial charge < -0.3 is 14.6 Å². The Morgan fingerprint density at radius 3 is 2.76 bits per heavy atom. The van der Waals surface area contributed by atoms with Gasteiger partial charge in [0.25, 0.3) is 0 Å². The van der Waals surface area contributed by atoms with Crippen LogP contribution in [0.1, 0.15) is 22.9 Å². The normalized spacial score (nSPS) is 13.0. The van der Waals surface area contributed by atoms with Crippen molar-refractivity contribution < 1.29 is 8.83 Å². The number of para-hydroxylation sites is 2. The van der Waals surface area contributed by atoms with Crippen molar-refractivity contribution in [2.45, 2.75) is 13.0 Å². The SMILES string of the molecule is Cc1cccc2cc(C(N)c3coc4ccccc34)oc12. The van der Waals surface area contributed by atoms with E-state index in [9.17, 15) is 0 Å². The summed E-state index contributed by atoms with van der Waals surface area (Å²) in [5, 5.41) is 2.11. The van der Waals surface area contributed by atoms with E-state index in [0.717, 1.165) is 38.8 Å². The Bertz CT molecular complexity index is 933. The quantitative estimate of drug-likeness (QED) is 0.585. The summed E-state index contributed by atoms with van der Waals surface area (Å²) in [5.74, 6) is 0.755. The van der Waals surface area contributed by atoms with Gasteiger partial charge in [-0.1, -0.05) is 36.4 Å². The maximum atomic E-state index is 6.39. The molecule has 21 heavy (non-hydrogen) atoms. The Morgan fingerprint density at radius 2 is 1.90 bits per heavy atom. The Labute approximate surface area is 122 Å². The van der Waals surface area contributed by atoms with E-state index in [1.165, 1.54) is 0 Å². The van der Waals surface area contributed by atoms with E-state index in [1.807, 2.05) is 55.5 Å². The van der Waals surface area contributed by atoms with Gasteiger partial charge in [-0.25, -0.2) is 0 Å². The Balaban J connectivity index is 1.86. The number of aryl methyl sites for hydroxylation is 1. The molecule has 3 heteroatoms. The highest BCUT2D eigenvalue weighted by Gasteiger charge is 2.19. The zero-order chi connectivity index (χ0) is 14.4. The monoisotopic (exact) mass is 277 g/mol. The van der Waals surface area contributed by atoms with E-state index in [2.05, 4.69) is 0 Å². The van der Waals surface area contributed by atoms with Crippen LogP contribution in [0.3, 0.4) is 0 Å². The van der Waals surface area contributed by atoms with Crippen molar-refractivity contribution in [3.05, 3.63) is 71.7 Å². The molecule has 104 valence electrons. The maximum Gasteiger partial charge on any atom is 0.137 e. The molecule has 1 atom stereocenters. The molecule has 0 amide bonds. The van der Waals surface area contributed by atoms with Crippen LogP contribution in [0.4, 0.5) is 0 Å². The molecule has 0 saturated carbocycles. The van der Waals surface area contributed by atoms with Crippen LogP contribution >= 0.6 is 0 Å². The summed E-state index contributed by atoms with van der Waals surface area (Å²) in [6.45, 7) is 2.04. The number of nitrogens with two attached hydrogens (primary N) is 1. The molecular weight excluding hydrogens is 262 g/mol. The third-order valence-electron chi connectivity index (χ3n) is 3.91. The van der Waals surface area contributed by atoms with Gasteiger partial charge in [-0.05, 0) is 24.6 Å². The third kappa shape index (κ3) is 1.86. The highest BCUT2D eigenvalue weighted by atomic mass is 16.3. The molecule has 0 spiro atoms. The number of benzene rings is 2. The molecule has 0 aliphatic heterocycles. The molecule has 2 aromatic heterocycles. The van der Waals surface area contributed by atoms with Crippen molar-refractivity contribution in [1.29, 1.82) is 0 Å². The Kier molecular flexibility index (Phi) is 2.62. The number of hydrogen-bond acceptors (Lipinski definition) is 3. The lowest BCUT2D eigenvalue weighted by Gasteiger charge is -2.06. The van der Waals surface area contributed by atoms with Gasteiger partial charge in [0.05, 0.1) is 12.3 Å². The fourth-order valence-electron chi connectivity index (χ4n) is 2.77. The van der Waals surface area contributed by atoms with E-state index in [0.29, 0.717) is 0 Å². The van der Waals surface area contributed by atoms with Crippen molar-refractivity contribution in [2.75, 3.05) is 0 Å². The molecule has 2 N–H and O–H groups in total. The number of hydrogen-bond donors (Lipinski definition) is 1. The lowest BCUT2D eigenvalue weighted by molar-refractivity contribution is 0.519. The molecule has 0 aliphatic rings. The van der Waals surface area contributed by atoms with Crippen molar-refractivity contribution in [1.82, 2.24) is 0 Å². The van der Waals surface area contributed by atoms with Crippen molar-refractivity contribution in [3.63, 3.8) is 0 Å². The molecule has 0 aliphatic carbocycles. The molecule has 4 aromatic rings. The molecule has 4 rings (SSSR count). The van der Waals surface area contributed by atoms with Crippen LogP contribution in [0.15, 0.2) is 63.6 Å². The fraction of sp³-hybridized carbons (Fsp3) is 0.111. The second kappa shape index (κ2) is 4.50. The standard InChI is InChI=1S/C18H15NO2/c1-11-5-4-6-12-9-16(21-18(11)12)17(19)14-10-20-15-8-3-2-7-13(14)15/h2-10,17H,19H2,1H3. The van der Waals surface area contributed by atoms with E-state index >= 15 is 0 Å². The Hall–Kier alpha value is -2.52. The third-order valence-corrected chi connectivity index (χ3v) is 3.91. The summed E-state index contributed by atoms with van der Waals surface area (Å²) in [5.41, 5.74) is 10.2. The minimum Gasteiger partial charge on any atom is -0.464 e. The Morgan fingerprint density at radius 1 is 1.05 bits per heavy atom. The first-order valence-corrected chi connectivity index (χ1v) is 6.95. The molecule has 0 saturated heterocycles. The molecule has 0 radical (unpaired) electrons. The van der Waals surface area contributed by atoms with E-state index in [4.69, 9.17) is 14.6 Å². The van der Waals surface area contributed by atoms with Gasteiger partial charge in [0.2, 0.25) is 0 Å². The minimum absolute atomic E-state index is 0.333. The number of furan rings is 2. The average molecular weight is 277 g/mol. The minimum atomic E-state index is -0.333. The molecule has 2 aromatic carbocycles. The van der Waals surface area contributed by atoms with E-state index in [1.54, 1.807) is 6.26 Å². The van der Waals surface area contributed by atoms with Crippen LogP contribution in [-0.4, -0.2) is 0 Å². The second-order valence-corrected chi connectivity index (χ2v) is 5.31. The second-order valence-electron chi connectivity index (χ2n) is 5.31. The summed E-state index contributed by atoms with van der Waals surface area (Å²) in [7, 11) is 0. The fourth-order valence-corrected chi connectivity index (χ4v) is 2.77. The first-order chi connectivity index (χ1) is 10.2. The molecule has 1 unspecified atom stereocenters. The van der Waals surface area contributed by atoms with E-state index < -0.39 is 0 Å². The number of rotatable bonds is 2. The maximum absolute atomic E-state index is 6.39. The smallest absolute Gasteiger partial charge is 0.137 e. The lowest BCUT2D eigenvalue weighted by Crippen LogP contribution is -2.10. The average Bonchev–Trinajstić information content (AvgIpc) is 3.11. The first kappa shape index (κ1) is 12.2. The van der Waals surface area contributed by atoms with Gasteiger partial charge in [-0.2, -0.15) is 0 Å². The van der Waals surface area contributed by atoms with Crippen LogP contribution in [0.2, 0.25) is 0 Å². The number of fused-ring (bicyclic) bond motifs is 2. The van der Waals surface area contributed by atoms with Gasteiger partial charge in [-0.15, -0.1) is 0 Å².